The number of halogens is 1. The van der Waals surface area contributed by atoms with E-state index >= 15 is 0 Å². The van der Waals surface area contributed by atoms with Crippen molar-refractivity contribution in [2.75, 3.05) is 20.2 Å². The number of hydrogen-bond donors (Lipinski definition) is 1. The van der Waals surface area contributed by atoms with E-state index in [9.17, 15) is 9.18 Å². The van der Waals surface area contributed by atoms with E-state index in [4.69, 9.17) is 4.74 Å². The van der Waals surface area contributed by atoms with E-state index in [0.29, 0.717) is 25.2 Å². The van der Waals surface area contributed by atoms with Crippen LogP contribution >= 0.6 is 0 Å². The van der Waals surface area contributed by atoms with Gasteiger partial charge in [-0.3, -0.25) is 4.79 Å². The lowest BCUT2D eigenvalue weighted by atomic mass is 9.88. The molecule has 1 aromatic carbocycles. The molecule has 2 saturated heterocycles. The third kappa shape index (κ3) is 3.02. The Balaban J connectivity index is 1.47. The van der Waals surface area contributed by atoms with E-state index < -0.39 is 0 Å². The van der Waals surface area contributed by atoms with Gasteiger partial charge in [0, 0.05) is 19.1 Å². The summed E-state index contributed by atoms with van der Waals surface area (Å²) in [5.41, 5.74) is 0. The lowest BCUT2D eigenvalue weighted by Gasteiger charge is -2.25. The number of fused-ring (bicyclic) bond motifs is 2. The first kappa shape index (κ1) is 14.3. The Kier molecular flexibility index (Phi) is 4.10. The number of amides is 1. The van der Waals surface area contributed by atoms with Crippen molar-refractivity contribution in [3.63, 3.8) is 0 Å². The fourth-order valence-electron chi connectivity index (χ4n) is 3.34. The molecule has 0 radical (unpaired) electrons. The lowest BCUT2D eigenvalue weighted by molar-refractivity contribution is -0.135. The van der Waals surface area contributed by atoms with Crippen molar-refractivity contribution in [2.24, 2.45) is 5.92 Å². The van der Waals surface area contributed by atoms with Gasteiger partial charge in [0.15, 0.2) is 11.6 Å². The first-order chi connectivity index (χ1) is 10.1. The summed E-state index contributed by atoms with van der Waals surface area (Å²) < 4.78 is 18.8. The summed E-state index contributed by atoms with van der Waals surface area (Å²) in [6.07, 6.45) is 3.23. The highest BCUT2D eigenvalue weighted by atomic mass is 19.1. The van der Waals surface area contributed by atoms with Gasteiger partial charge in [-0.05, 0) is 31.4 Å². The average molecular weight is 292 g/mol. The fourth-order valence-corrected chi connectivity index (χ4v) is 3.34. The number of nitrogens with one attached hydrogen (secondary N) is 1. The molecule has 1 aromatic rings. The second kappa shape index (κ2) is 6.02. The molecule has 2 fully saturated rings. The Labute approximate surface area is 124 Å². The molecule has 21 heavy (non-hydrogen) atoms. The SMILES string of the molecule is CN(CCOc1ccccc1F)C(=O)C1CC2CCC1N2. The van der Waals surface area contributed by atoms with Crippen LogP contribution in [-0.2, 0) is 4.79 Å². The Hall–Kier alpha value is -1.62. The van der Waals surface area contributed by atoms with Crippen molar-refractivity contribution < 1.29 is 13.9 Å². The second-order valence-electron chi connectivity index (χ2n) is 5.93. The zero-order chi connectivity index (χ0) is 14.8. The highest BCUT2D eigenvalue weighted by Crippen LogP contribution is 2.34. The standard InChI is InChI=1S/C16H21FN2O2/c1-19(8-9-21-15-5-3-2-4-13(15)17)16(20)12-10-11-6-7-14(12)18-11/h2-5,11-12,14,18H,6-10H2,1H3. The van der Waals surface area contributed by atoms with Gasteiger partial charge in [0.25, 0.3) is 0 Å². The summed E-state index contributed by atoms with van der Waals surface area (Å²) in [5.74, 6) is 0.137. The number of carbonyl (C=O) groups excluding carboxylic acids is 1. The van der Waals surface area contributed by atoms with Crippen molar-refractivity contribution in [1.82, 2.24) is 10.2 Å². The normalized spacial score (nSPS) is 26.9. The molecule has 2 aliphatic rings. The van der Waals surface area contributed by atoms with Gasteiger partial charge in [0.2, 0.25) is 5.91 Å². The molecule has 5 heteroatoms. The van der Waals surface area contributed by atoms with Crippen molar-refractivity contribution in [2.45, 2.75) is 31.3 Å². The van der Waals surface area contributed by atoms with E-state index in [-0.39, 0.29) is 23.4 Å². The largest absolute Gasteiger partial charge is 0.489 e. The van der Waals surface area contributed by atoms with Crippen LogP contribution in [-0.4, -0.2) is 43.1 Å². The summed E-state index contributed by atoms with van der Waals surface area (Å²) >= 11 is 0. The van der Waals surface area contributed by atoms with Gasteiger partial charge < -0.3 is 15.0 Å². The van der Waals surface area contributed by atoms with E-state index in [2.05, 4.69) is 5.32 Å². The van der Waals surface area contributed by atoms with Crippen LogP contribution in [0, 0.1) is 11.7 Å². The molecule has 1 amide bonds. The zero-order valence-corrected chi connectivity index (χ0v) is 12.2. The van der Waals surface area contributed by atoms with Gasteiger partial charge in [-0.25, -0.2) is 4.39 Å². The molecule has 2 aliphatic heterocycles. The zero-order valence-electron chi connectivity index (χ0n) is 12.2. The Morgan fingerprint density at radius 1 is 1.43 bits per heavy atom. The number of likely N-dealkylation sites (N-methyl/N-ethyl adjacent to an activating group) is 1. The molecule has 0 saturated carbocycles. The quantitative estimate of drug-likeness (QED) is 0.900. The summed E-state index contributed by atoms with van der Waals surface area (Å²) in [7, 11) is 1.79. The minimum Gasteiger partial charge on any atom is -0.489 e. The van der Waals surface area contributed by atoms with Crippen LogP contribution in [0.5, 0.6) is 5.75 Å². The number of ether oxygens (including phenoxy) is 1. The molecule has 4 nitrogen and oxygen atoms in total. The van der Waals surface area contributed by atoms with Gasteiger partial charge in [0.05, 0.1) is 12.5 Å². The van der Waals surface area contributed by atoms with Crippen LogP contribution in [0.1, 0.15) is 19.3 Å². The van der Waals surface area contributed by atoms with Crippen molar-refractivity contribution in [3.8, 4) is 5.75 Å². The van der Waals surface area contributed by atoms with Gasteiger partial charge in [-0.1, -0.05) is 12.1 Å². The Bertz CT molecular complexity index is 523. The first-order valence-electron chi connectivity index (χ1n) is 7.53. The predicted octanol–water partition coefficient (Wildman–Crippen LogP) is 1.80. The van der Waals surface area contributed by atoms with E-state index in [1.165, 1.54) is 12.5 Å². The monoisotopic (exact) mass is 292 g/mol. The molecular weight excluding hydrogens is 271 g/mol. The van der Waals surface area contributed by atoms with Crippen molar-refractivity contribution >= 4 is 5.91 Å². The van der Waals surface area contributed by atoms with Crippen LogP contribution in [0.2, 0.25) is 0 Å². The van der Waals surface area contributed by atoms with E-state index in [1.54, 1.807) is 30.1 Å². The van der Waals surface area contributed by atoms with Gasteiger partial charge >= 0.3 is 0 Å². The molecule has 3 atom stereocenters. The third-order valence-corrected chi connectivity index (χ3v) is 4.51. The van der Waals surface area contributed by atoms with Crippen molar-refractivity contribution in [3.05, 3.63) is 30.1 Å². The van der Waals surface area contributed by atoms with Crippen LogP contribution < -0.4 is 10.1 Å². The molecule has 2 heterocycles. The molecule has 0 spiro atoms. The number of benzene rings is 1. The van der Waals surface area contributed by atoms with Crippen LogP contribution in [0.25, 0.3) is 0 Å². The fraction of sp³-hybridized carbons (Fsp3) is 0.562. The minimum atomic E-state index is -0.371. The predicted molar refractivity (Wildman–Crippen MR) is 77.6 cm³/mol. The summed E-state index contributed by atoms with van der Waals surface area (Å²) in [6.45, 7) is 0.776. The number of hydrogen-bond acceptors (Lipinski definition) is 3. The third-order valence-electron chi connectivity index (χ3n) is 4.51. The first-order valence-corrected chi connectivity index (χ1v) is 7.53. The molecule has 3 unspecified atom stereocenters. The molecule has 1 N–H and O–H groups in total. The van der Waals surface area contributed by atoms with Crippen LogP contribution in [0.3, 0.4) is 0 Å². The Morgan fingerprint density at radius 2 is 2.24 bits per heavy atom. The number of carbonyl (C=O) groups is 1. The molecule has 3 rings (SSSR count). The molecule has 0 aromatic heterocycles. The van der Waals surface area contributed by atoms with E-state index in [1.807, 2.05) is 0 Å². The van der Waals surface area contributed by atoms with Crippen molar-refractivity contribution in [1.29, 1.82) is 0 Å². The highest BCUT2D eigenvalue weighted by Gasteiger charge is 2.43. The van der Waals surface area contributed by atoms with Crippen LogP contribution in [0.4, 0.5) is 4.39 Å². The number of para-hydroxylation sites is 1. The number of nitrogens with zero attached hydrogens (tertiary/aromatic N) is 1. The maximum absolute atomic E-state index is 13.4. The highest BCUT2D eigenvalue weighted by molar-refractivity contribution is 5.80. The minimum absolute atomic E-state index is 0.0993. The summed E-state index contributed by atoms with van der Waals surface area (Å²) in [6, 6.07) is 7.18. The topological polar surface area (TPSA) is 41.6 Å². The smallest absolute Gasteiger partial charge is 0.227 e. The molecule has 0 aliphatic carbocycles. The molecular formula is C16H21FN2O2. The maximum Gasteiger partial charge on any atom is 0.227 e. The average Bonchev–Trinajstić information content (AvgIpc) is 3.11. The maximum atomic E-state index is 13.4. The molecule has 114 valence electrons. The van der Waals surface area contributed by atoms with Gasteiger partial charge in [-0.2, -0.15) is 0 Å². The van der Waals surface area contributed by atoms with E-state index in [0.717, 1.165) is 12.8 Å². The lowest BCUT2D eigenvalue weighted by Crippen LogP contribution is -2.40. The summed E-state index contributed by atoms with van der Waals surface area (Å²) in [4.78, 5) is 14.1. The second-order valence-corrected chi connectivity index (χ2v) is 5.93. The summed E-state index contributed by atoms with van der Waals surface area (Å²) in [5, 5.41) is 3.47. The van der Waals surface area contributed by atoms with Crippen LogP contribution in [0.15, 0.2) is 24.3 Å². The van der Waals surface area contributed by atoms with Gasteiger partial charge in [-0.15, -0.1) is 0 Å². The van der Waals surface area contributed by atoms with Gasteiger partial charge in [0.1, 0.15) is 6.61 Å². The number of rotatable bonds is 5. The molecule has 2 bridgehead atoms. The Morgan fingerprint density at radius 3 is 2.90 bits per heavy atom.